The van der Waals surface area contributed by atoms with E-state index in [9.17, 15) is 0 Å². The minimum atomic E-state index is 0.528. The van der Waals surface area contributed by atoms with Gasteiger partial charge in [0.05, 0.1) is 7.11 Å². The van der Waals surface area contributed by atoms with Gasteiger partial charge in [0.2, 0.25) is 0 Å². The van der Waals surface area contributed by atoms with Gasteiger partial charge >= 0.3 is 0 Å². The first-order chi connectivity index (χ1) is 9.76. The van der Waals surface area contributed by atoms with E-state index < -0.39 is 0 Å². The Morgan fingerprint density at radius 3 is 2.80 bits per heavy atom. The van der Waals surface area contributed by atoms with E-state index in [1.54, 1.807) is 7.11 Å². The number of hydrogen-bond acceptors (Lipinski definition) is 3. The molecule has 1 atom stereocenters. The van der Waals surface area contributed by atoms with E-state index in [0.717, 1.165) is 18.2 Å². The lowest BCUT2D eigenvalue weighted by atomic mass is 9.96. The third-order valence-electron chi connectivity index (χ3n) is 4.92. The summed E-state index contributed by atoms with van der Waals surface area (Å²) in [7, 11) is 3.97. The number of methoxy groups -OCH3 is 1. The maximum absolute atomic E-state index is 5.36. The van der Waals surface area contributed by atoms with Crippen LogP contribution in [0.15, 0.2) is 18.2 Å². The van der Waals surface area contributed by atoms with Gasteiger partial charge in [0.25, 0.3) is 0 Å². The van der Waals surface area contributed by atoms with Gasteiger partial charge in [-0.05, 0) is 81.5 Å². The zero-order valence-electron chi connectivity index (χ0n) is 12.7. The fourth-order valence-electron chi connectivity index (χ4n) is 3.49. The molecule has 1 aromatic rings. The van der Waals surface area contributed by atoms with Crippen LogP contribution in [0.4, 0.5) is 0 Å². The summed E-state index contributed by atoms with van der Waals surface area (Å²) in [5, 5.41) is 3.80. The summed E-state index contributed by atoms with van der Waals surface area (Å²) in [6.07, 6.45) is 5.10. The molecule has 0 amide bonds. The van der Waals surface area contributed by atoms with E-state index in [2.05, 4.69) is 35.5 Å². The molecule has 1 aliphatic carbocycles. The molecular formula is C17H26N2O. The number of benzene rings is 1. The van der Waals surface area contributed by atoms with Gasteiger partial charge in [0, 0.05) is 6.04 Å². The molecule has 20 heavy (non-hydrogen) atoms. The Balaban J connectivity index is 1.58. The van der Waals surface area contributed by atoms with Crippen LogP contribution < -0.4 is 10.1 Å². The highest BCUT2D eigenvalue weighted by Gasteiger charge is 2.24. The Kier molecular flexibility index (Phi) is 4.27. The number of piperidine rings is 1. The zero-order valence-corrected chi connectivity index (χ0v) is 12.7. The molecule has 1 saturated heterocycles. The Morgan fingerprint density at radius 2 is 2.05 bits per heavy atom. The first kappa shape index (κ1) is 13.9. The average Bonchev–Trinajstić information content (AvgIpc) is 2.89. The van der Waals surface area contributed by atoms with Crippen LogP contribution in [0.1, 0.15) is 36.4 Å². The highest BCUT2D eigenvalue weighted by Crippen LogP contribution is 2.34. The largest absolute Gasteiger partial charge is 0.497 e. The van der Waals surface area contributed by atoms with Crippen molar-refractivity contribution in [2.24, 2.45) is 5.92 Å². The number of aryl methyl sites for hydroxylation is 1. The Morgan fingerprint density at radius 1 is 1.25 bits per heavy atom. The second-order valence-corrected chi connectivity index (χ2v) is 6.31. The lowest BCUT2D eigenvalue weighted by molar-refractivity contribution is 0.212. The molecule has 3 rings (SSSR count). The summed E-state index contributed by atoms with van der Waals surface area (Å²) in [6.45, 7) is 3.66. The van der Waals surface area contributed by atoms with Crippen molar-refractivity contribution >= 4 is 0 Å². The second-order valence-electron chi connectivity index (χ2n) is 6.31. The lowest BCUT2D eigenvalue weighted by Crippen LogP contribution is -2.35. The van der Waals surface area contributed by atoms with E-state index >= 15 is 0 Å². The third kappa shape index (κ3) is 2.99. The van der Waals surface area contributed by atoms with Gasteiger partial charge in [-0.15, -0.1) is 0 Å². The van der Waals surface area contributed by atoms with Crippen LogP contribution in [0.5, 0.6) is 5.75 Å². The van der Waals surface area contributed by atoms with E-state index in [4.69, 9.17) is 4.74 Å². The monoisotopic (exact) mass is 274 g/mol. The van der Waals surface area contributed by atoms with E-state index in [1.807, 2.05) is 0 Å². The SMILES string of the molecule is COc1ccc2c(c1)C(NCC1CCN(C)CC1)CC2. The maximum Gasteiger partial charge on any atom is 0.119 e. The maximum atomic E-state index is 5.36. The van der Waals surface area contributed by atoms with Crippen LogP contribution in [0, 0.1) is 5.92 Å². The van der Waals surface area contributed by atoms with Crippen LogP contribution in [-0.4, -0.2) is 38.7 Å². The molecule has 0 radical (unpaired) electrons. The van der Waals surface area contributed by atoms with Crippen molar-refractivity contribution in [3.05, 3.63) is 29.3 Å². The molecule has 0 aromatic heterocycles. The minimum absolute atomic E-state index is 0.528. The Hall–Kier alpha value is -1.06. The lowest BCUT2D eigenvalue weighted by Gasteiger charge is -2.30. The summed E-state index contributed by atoms with van der Waals surface area (Å²) >= 11 is 0. The number of ether oxygens (including phenoxy) is 1. The first-order valence-electron chi connectivity index (χ1n) is 7.85. The van der Waals surface area contributed by atoms with Gasteiger partial charge in [-0.25, -0.2) is 0 Å². The van der Waals surface area contributed by atoms with Gasteiger partial charge in [0.15, 0.2) is 0 Å². The normalized spacial score (nSPS) is 23.8. The quantitative estimate of drug-likeness (QED) is 0.913. The van der Waals surface area contributed by atoms with E-state index in [-0.39, 0.29) is 0 Å². The average molecular weight is 274 g/mol. The molecule has 0 saturated carbocycles. The van der Waals surface area contributed by atoms with E-state index in [1.165, 1.54) is 49.9 Å². The Labute approximate surface area is 122 Å². The molecule has 1 aromatic carbocycles. The Bertz CT molecular complexity index is 452. The number of fused-ring (bicyclic) bond motifs is 1. The zero-order chi connectivity index (χ0) is 13.9. The molecule has 1 aliphatic heterocycles. The summed E-state index contributed by atoms with van der Waals surface area (Å²) in [4.78, 5) is 2.44. The van der Waals surface area contributed by atoms with Gasteiger partial charge < -0.3 is 15.0 Å². The van der Waals surface area contributed by atoms with Gasteiger partial charge in [0.1, 0.15) is 5.75 Å². The molecule has 1 unspecified atom stereocenters. The number of nitrogens with one attached hydrogen (secondary N) is 1. The van der Waals surface area contributed by atoms with Crippen molar-refractivity contribution < 1.29 is 4.74 Å². The minimum Gasteiger partial charge on any atom is -0.497 e. The predicted octanol–water partition coefficient (Wildman–Crippen LogP) is 2.61. The first-order valence-corrected chi connectivity index (χ1v) is 7.85. The molecule has 1 N–H and O–H groups in total. The number of nitrogens with zero attached hydrogens (tertiary/aromatic N) is 1. The van der Waals surface area contributed by atoms with Crippen molar-refractivity contribution in [1.82, 2.24) is 10.2 Å². The van der Waals surface area contributed by atoms with Crippen molar-refractivity contribution in [3.63, 3.8) is 0 Å². The molecule has 0 bridgehead atoms. The molecule has 3 heteroatoms. The molecular weight excluding hydrogens is 248 g/mol. The predicted molar refractivity (Wildman–Crippen MR) is 82.3 cm³/mol. The molecule has 1 fully saturated rings. The second kappa shape index (κ2) is 6.15. The van der Waals surface area contributed by atoms with Crippen LogP contribution in [-0.2, 0) is 6.42 Å². The van der Waals surface area contributed by atoms with Crippen LogP contribution >= 0.6 is 0 Å². The molecule has 1 heterocycles. The fraction of sp³-hybridized carbons (Fsp3) is 0.647. The van der Waals surface area contributed by atoms with Crippen LogP contribution in [0.25, 0.3) is 0 Å². The molecule has 0 spiro atoms. The standard InChI is InChI=1S/C17H26N2O/c1-19-9-7-13(8-10-19)12-18-17-6-4-14-3-5-15(20-2)11-16(14)17/h3,5,11,13,17-18H,4,6-10,12H2,1-2H3. The number of rotatable bonds is 4. The summed E-state index contributed by atoms with van der Waals surface area (Å²) in [5.41, 5.74) is 2.95. The van der Waals surface area contributed by atoms with Crippen molar-refractivity contribution in [3.8, 4) is 5.75 Å². The van der Waals surface area contributed by atoms with Gasteiger partial charge in [-0.2, -0.15) is 0 Å². The van der Waals surface area contributed by atoms with Crippen molar-refractivity contribution in [1.29, 1.82) is 0 Å². The smallest absolute Gasteiger partial charge is 0.119 e. The third-order valence-corrected chi connectivity index (χ3v) is 4.92. The van der Waals surface area contributed by atoms with Gasteiger partial charge in [-0.1, -0.05) is 6.07 Å². The summed E-state index contributed by atoms with van der Waals surface area (Å²) in [5.74, 6) is 1.83. The number of likely N-dealkylation sites (tertiary alicyclic amines) is 1. The number of hydrogen-bond donors (Lipinski definition) is 1. The van der Waals surface area contributed by atoms with Crippen molar-refractivity contribution in [2.75, 3.05) is 33.8 Å². The highest BCUT2D eigenvalue weighted by molar-refractivity contribution is 5.40. The van der Waals surface area contributed by atoms with Crippen LogP contribution in [0.2, 0.25) is 0 Å². The molecule has 2 aliphatic rings. The van der Waals surface area contributed by atoms with Gasteiger partial charge in [-0.3, -0.25) is 0 Å². The molecule has 110 valence electrons. The fourth-order valence-corrected chi connectivity index (χ4v) is 3.49. The molecule has 3 nitrogen and oxygen atoms in total. The summed E-state index contributed by atoms with van der Waals surface area (Å²) < 4.78 is 5.36. The van der Waals surface area contributed by atoms with E-state index in [0.29, 0.717) is 6.04 Å². The van der Waals surface area contributed by atoms with Crippen LogP contribution in [0.3, 0.4) is 0 Å². The topological polar surface area (TPSA) is 24.5 Å². The highest BCUT2D eigenvalue weighted by atomic mass is 16.5. The van der Waals surface area contributed by atoms with Crippen molar-refractivity contribution in [2.45, 2.75) is 31.7 Å². The summed E-state index contributed by atoms with van der Waals surface area (Å²) in [6, 6.07) is 7.05.